The van der Waals surface area contributed by atoms with Crippen molar-refractivity contribution in [1.82, 2.24) is 4.98 Å². The third-order valence-electron chi connectivity index (χ3n) is 3.91. The molecule has 1 fully saturated rings. The van der Waals surface area contributed by atoms with Crippen LogP contribution in [0.3, 0.4) is 0 Å². The first-order chi connectivity index (χ1) is 9.29. The summed E-state index contributed by atoms with van der Waals surface area (Å²) in [7, 11) is 0. The lowest BCUT2D eigenvalue weighted by Gasteiger charge is -2.33. The van der Waals surface area contributed by atoms with Crippen LogP contribution < -0.4 is 4.90 Å². The van der Waals surface area contributed by atoms with Crippen LogP contribution in [0.15, 0.2) is 34.9 Å². The van der Waals surface area contributed by atoms with Crippen LogP contribution in [-0.4, -0.2) is 29.8 Å². The molecule has 3 rings (SSSR count). The number of aromatic nitrogens is 1. The number of aliphatic hydroxyl groups excluding tert-OH is 1. The van der Waals surface area contributed by atoms with Gasteiger partial charge in [-0.05, 0) is 46.8 Å². The zero-order valence-electron chi connectivity index (χ0n) is 10.7. The lowest BCUT2D eigenvalue weighted by atomic mass is 9.97. The Kier molecular flexibility index (Phi) is 3.71. The van der Waals surface area contributed by atoms with Gasteiger partial charge >= 0.3 is 0 Å². The van der Waals surface area contributed by atoms with E-state index in [1.165, 1.54) is 11.1 Å². The van der Waals surface area contributed by atoms with E-state index >= 15 is 0 Å². The Labute approximate surface area is 121 Å². The van der Waals surface area contributed by atoms with Crippen LogP contribution in [0.5, 0.6) is 0 Å². The summed E-state index contributed by atoms with van der Waals surface area (Å²) >= 11 is 3.56. The third kappa shape index (κ3) is 2.47. The van der Waals surface area contributed by atoms with Gasteiger partial charge in [0.25, 0.3) is 0 Å². The van der Waals surface area contributed by atoms with E-state index in [2.05, 4.69) is 44.0 Å². The third-order valence-corrected chi connectivity index (χ3v) is 4.55. The van der Waals surface area contributed by atoms with Gasteiger partial charge in [0.15, 0.2) is 0 Å². The van der Waals surface area contributed by atoms with Gasteiger partial charge in [-0.25, -0.2) is 0 Å². The molecule has 1 aliphatic heterocycles. The standard InChI is InChI=1S/C15H17BrN2O/c16-13-3-1-2-12-14(4-7-17-15(12)13)18-8-5-11(10-19)6-9-18/h1-4,7,11,19H,5-6,8-10H2. The number of anilines is 1. The number of para-hydroxylation sites is 1. The highest BCUT2D eigenvalue weighted by atomic mass is 79.9. The molecule has 2 aromatic rings. The van der Waals surface area contributed by atoms with E-state index in [1.807, 2.05) is 12.3 Å². The average Bonchev–Trinajstić information content (AvgIpc) is 2.47. The first kappa shape index (κ1) is 12.9. The van der Waals surface area contributed by atoms with Crippen LogP contribution in [0.2, 0.25) is 0 Å². The summed E-state index contributed by atoms with van der Waals surface area (Å²) in [6.07, 6.45) is 4.00. The SMILES string of the molecule is OCC1CCN(c2ccnc3c(Br)cccc23)CC1. The highest BCUT2D eigenvalue weighted by molar-refractivity contribution is 9.10. The Balaban J connectivity index is 1.95. The normalized spacial score (nSPS) is 17.1. The largest absolute Gasteiger partial charge is 0.396 e. The maximum Gasteiger partial charge on any atom is 0.0864 e. The monoisotopic (exact) mass is 320 g/mol. The molecule has 1 aromatic carbocycles. The molecule has 4 heteroatoms. The van der Waals surface area contributed by atoms with Crippen LogP contribution >= 0.6 is 15.9 Å². The second-order valence-corrected chi connectivity index (χ2v) is 5.93. The van der Waals surface area contributed by atoms with Crippen molar-refractivity contribution >= 4 is 32.5 Å². The number of piperidine rings is 1. The Morgan fingerprint density at radius 2 is 2.05 bits per heavy atom. The summed E-state index contributed by atoms with van der Waals surface area (Å²) in [4.78, 5) is 6.86. The molecule has 0 radical (unpaired) electrons. The van der Waals surface area contributed by atoms with Gasteiger partial charge in [-0.3, -0.25) is 4.98 Å². The molecule has 0 spiro atoms. The summed E-state index contributed by atoms with van der Waals surface area (Å²) in [6, 6.07) is 8.30. The molecule has 0 saturated carbocycles. The van der Waals surface area contributed by atoms with Gasteiger partial charge in [0, 0.05) is 41.4 Å². The maximum atomic E-state index is 9.22. The summed E-state index contributed by atoms with van der Waals surface area (Å²) in [5.74, 6) is 0.469. The first-order valence-corrected chi connectivity index (χ1v) is 7.48. The minimum Gasteiger partial charge on any atom is -0.396 e. The van der Waals surface area contributed by atoms with E-state index in [1.54, 1.807) is 0 Å². The Morgan fingerprint density at radius 1 is 1.26 bits per heavy atom. The lowest BCUT2D eigenvalue weighted by molar-refractivity contribution is 0.203. The number of hydrogen-bond donors (Lipinski definition) is 1. The Hall–Kier alpha value is -1.13. The van der Waals surface area contributed by atoms with Gasteiger partial charge < -0.3 is 10.0 Å². The maximum absolute atomic E-state index is 9.22. The summed E-state index contributed by atoms with van der Waals surface area (Å²) in [5.41, 5.74) is 2.27. The van der Waals surface area contributed by atoms with Crippen molar-refractivity contribution in [1.29, 1.82) is 0 Å². The fourth-order valence-corrected chi connectivity index (χ4v) is 3.23. The van der Waals surface area contributed by atoms with Crippen molar-refractivity contribution in [2.75, 3.05) is 24.6 Å². The zero-order valence-corrected chi connectivity index (χ0v) is 12.3. The van der Waals surface area contributed by atoms with Gasteiger partial charge in [-0.1, -0.05) is 12.1 Å². The number of halogens is 1. The van der Waals surface area contributed by atoms with Crippen molar-refractivity contribution < 1.29 is 5.11 Å². The molecule has 19 heavy (non-hydrogen) atoms. The summed E-state index contributed by atoms with van der Waals surface area (Å²) in [6.45, 7) is 2.34. The number of hydrogen-bond acceptors (Lipinski definition) is 3. The lowest BCUT2D eigenvalue weighted by Crippen LogP contribution is -2.34. The van der Waals surface area contributed by atoms with Gasteiger partial charge in [0.05, 0.1) is 5.52 Å². The Morgan fingerprint density at radius 3 is 2.79 bits per heavy atom. The van der Waals surface area contributed by atoms with E-state index in [-0.39, 0.29) is 0 Å². The molecule has 1 saturated heterocycles. The van der Waals surface area contributed by atoms with Crippen molar-refractivity contribution in [3.05, 3.63) is 34.9 Å². The number of benzene rings is 1. The molecule has 3 nitrogen and oxygen atoms in total. The molecule has 0 bridgehead atoms. The molecule has 0 atom stereocenters. The first-order valence-electron chi connectivity index (χ1n) is 6.68. The molecule has 1 N–H and O–H groups in total. The predicted molar refractivity (Wildman–Crippen MR) is 81.5 cm³/mol. The van der Waals surface area contributed by atoms with E-state index in [0.717, 1.165) is 35.9 Å². The predicted octanol–water partition coefficient (Wildman–Crippen LogP) is 3.21. The van der Waals surface area contributed by atoms with Crippen molar-refractivity contribution in [3.8, 4) is 0 Å². The molecule has 1 aliphatic rings. The fraction of sp³-hybridized carbons (Fsp3) is 0.400. The molecule has 0 aliphatic carbocycles. The zero-order chi connectivity index (χ0) is 13.2. The van der Waals surface area contributed by atoms with Gasteiger partial charge in [-0.15, -0.1) is 0 Å². The molecule has 2 heterocycles. The second kappa shape index (κ2) is 5.47. The van der Waals surface area contributed by atoms with Crippen LogP contribution in [-0.2, 0) is 0 Å². The number of aliphatic hydroxyl groups is 1. The van der Waals surface area contributed by atoms with Gasteiger partial charge in [-0.2, -0.15) is 0 Å². The average molecular weight is 321 g/mol. The second-order valence-electron chi connectivity index (χ2n) is 5.08. The smallest absolute Gasteiger partial charge is 0.0864 e. The number of rotatable bonds is 2. The topological polar surface area (TPSA) is 36.4 Å². The fourth-order valence-electron chi connectivity index (χ4n) is 2.76. The molecule has 0 amide bonds. The number of fused-ring (bicyclic) bond motifs is 1. The van der Waals surface area contributed by atoms with E-state index in [9.17, 15) is 5.11 Å². The van der Waals surface area contributed by atoms with E-state index in [0.29, 0.717) is 12.5 Å². The van der Waals surface area contributed by atoms with Crippen molar-refractivity contribution in [3.63, 3.8) is 0 Å². The summed E-state index contributed by atoms with van der Waals surface area (Å²) < 4.78 is 1.04. The van der Waals surface area contributed by atoms with E-state index < -0.39 is 0 Å². The number of nitrogens with zero attached hydrogens (tertiary/aromatic N) is 2. The minimum absolute atomic E-state index is 0.316. The number of pyridine rings is 1. The molecule has 1 aromatic heterocycles. The molecular weight excluding hydrogens is 304 g/mol. The molecule has 0 unspecified atom stereocenters. The van der Waals surface area contributed by atoms with Gasteiger partial charge in [0.1, 0.15) is 0 Å². The van der Waals surface area contributed by atoms with Crippen molar-refractivity contribution in [2.24, 2.45) is 5.92 Å². The van der Waals surface area contributed by atoms with Crippen LogP contribution in [0, 0.1) is 5.92 Å². The molecular formula is C15H17BrN2O. The quantitative estimate of drug-likeness (QED) is 0.923. The highest BCUT2D eigenvalue weighted by Crippen LogP contribution is 2.32. The van der Waals surface area contributed by atoms with Crippen molar-refractivity contribution in [2.45, 2.75) is 12.8 Å². The van der Waals surface area contributed by atoms with E-state index in [4.69, 9.17) is 0 Å². The summed E-state index contributed by atoms with van der Waals surface area (Å²) in [5, 5.41) is 10.4. The minimum atomic E-state index is 0.316. The molecule has 100 valence electrons. The van der Waals surface area contributed by atoms with Crippen LogP contribution in [0.25, 0.3) is 10.9 Å². The highest BCUT2D eigenvalue weighted by Gasteiger charge is 2.20. The van der Waals surface area contributed by atoms with Crippen LogP contribution in [0.1, 0.15) is 12.8 Å². The van der Waals surface area contributed by atoms with Crippen LogP contribution in [0.4, 0.5) is 5.69 Å². The Bertz CT molecular complexity index is 579. The van der Waals surface area contributed by atoms with Gasteiger partial charge in [0.2, 0.25) is 0 Å².